The third-order valence-corrected chi connectivity index (χ3v) is 1.79. The second-order valence-corrected chi connectivity index (χ2v) is 4.59. The van der Waals surface area contributed by atoms with Crippen molar-refractivity contribution in [2.24, 2.45) is 11.5 Å². The summed E-state index contributed by atoms with van der Waals surface area (Å²) in [4.78, 5) is 9.93. The lowest BCUT2D eigenvalue weighted by Crippen LogP contribution is -2.41. The fraction of sp³-hybridized carbons (Fsp3) is 0.900. The van der Waals surface area contributed by atoms with Gasteiger partial charge in [-0.1, -0.05) is 0 Å². The number of hydrogen-bond acceptors (Lipinski definition) is 5. The van der Waals surface area contributed by atoms with Gasteiger partial charge in [-0.15, -0.1) is 0 Å². The van der Waals surface area contributed by atoms with E-state index in [1.807, 2.05) is 0 Å². The van der Waals surface area contributed by atoms with E-state index in [2.05, 4.69) is 21.1 Å². The van der Waals surface area contributed by atoms with Gasteiger partial charge in [0.05, 0.1) is 33.7 Å². The first kappa shape index (κ1) is 17.7. The Labute approximate surface area is 97.4 Å². The van der Waals surface area contributed by atoms with Crippen molar-refractivity contribution in [3.63, 3.8) is 0 Å². The number of aliphatic carboxylic acids is 1. The summed E-state index contributed by atoms with van der Waals surface area (Å²) in [7, 11) is 6.16. The first-order valence-electron chi connectivity index (χ1n) is 5.32. The van der Waals surface area contributed by atoms with Crippen molar-refractivity contribution in [2.75, 3.05) is 40.8 Å². The number of carbonyl (C=O) groups is 1. The molecule has 0 spiro atoms. The van der Waals surface area contributed by atoms with E-state index < -0.39 is 12.0 Å². The van der Waals surface area contributed by atoms with Crippen molar-refractivity contribution in [2.45, 2.75) is 18.9 Å². The Hall–Kier alpha value is -0.690. The zero-order chi connectivity index (χ0) is 13.2. The Bertz CT molecular complexity index is 181. The van der Waals surface area contributed by atoms with Gasteiger partial charge in [0.2, 0.25) is 0 Å². The van der Waals surface area contributed by atoms with Gasteiger partial charge in [-0.05, 0) is 19.4 Å². The van der Waals surface area contributed by atoms with E-state index in [0.29, 0.717) is 19.4 Å². The summed E-state index contributed by atoms with van der Waals surface area (Å²) in [5, 5.41) is 18.3. The summed E-state index contributed by atoms with van der Waals surface area (Å²) < 4.78 is 0.844. The molecule has 0 heterocycles. The SMILES string of the molecule is C[N+](C)(C)CCO.NCCC[C@H](N)C(=O)[O-]. The monoisotopic (exact) mass is 235 g/mol. The maximum atomic E-state index is 9.93. The van der Waals surface area contributed by atoms with E-state index >= 15 is 0 Å². The number of aliphatic hydroxyl groups excluding tert-OH is 1. The van der Waals surface area contributed by atoms with Crippen LogP contribution in [0.3, 0.4) is 0 Å². The van der Waals surface area contributed by atoms with E-state index in [1.165, 1.54) is 0 Å². The van der Waals surface area contributed by atoms with Crippen LogP contribution in [0.1, 0.15) is 12.8 Å². The molecule has 0 rings (SSSR count). The fourth-order valence-corrected chi connectivity index (χ4v) is 0.756. The molecule has 0 saturated heterocycles. The lowest BCUT2D eigenvalue weighted by Gasteiger charge is -2.21. The zero-order valence-corrected chi connectivity index (χ0v) is 10.5. The van der Waals surface area contributed by atoms with Gasteiger partial charge in [0.25, 0.3) is 0 Å². The number of carboxylic acid groups (broad SMARTS) is 1. The summed E-state index contributed by atoms with van der Waals surface area (Å²) >= 11 is 0. The van der Waals surface area contributed by atoms with Crippen LogP contribution >= 0.6 is 0 Å². The van der Waals surface area contributed by atoms with E-state index in [0.717, 1.165) is 11.0 Å². The molecule has 0 aromatic rings. The first-order chi connectivity index (χ1) is 7.24. The highest BCUT2D eigenvalue weighted by molar-refractivity contribution is 5.70. The quantitative estimate of drug-likeness (QED) is 0.440. The first-order valence-corrected chi connectivity index (χ1v) is 5.32. The normalized spacial score (nSPS) is 12.6. The van der Waals surface area contributed by atoms with E-state index in [-0.39, 0.29) is 6.61 Å². The van der Waals surface area contributed by atoms with Crippen molar-refractivity contribution in [3.8, 4) is 0 Å². The van der Waals surface area contributed by atoms with Gasteiger partial charge >= 0.3 is 0 Å². The zero-order valence-electron chi connectivity index (χ0n) is 10.5. The molecule has 6 heteroatoms. The number of nitrogens with two attached hydrogens (primary N) is 2. The van der Waals surface area contributed by atoms with Crippen LogP contribution in [0.5, 0.6) is 0 Å². The van der Waals surface area contributed by atoms with Crippen molar-refractivity contribution in [1.29, 1.82) is 0 Å². The highest BCUT2D eigenvalue weighted by Crippen LogP contribution is 1.89. The number of hydrogen-bond donors (Lipinski definition) is 3. The van der Waals surface area contributed by atoms with E-state index in [4.69, 9.17) is 16.6 Å². The van der Waals surface area contributed by atoms with Crippen LogP contribution < -0.4 is 16.6 Å². The van der Waals surface area contributed by atoms with Gasteiger partial charge in [0.1, 0.15) is 6.54 Å². The van der Waals surface area contributed by atoms with Gasteiger partial charge in [-0.25, -0.2) is 0 Å². The molecule has 0 aliphatic rings. The Kier molecular flexibility index (Phi) is 10.5. The summed E-state index contributed by atoms with van der Waals surface area (Å²) in [6.45, 7) is 1.59. The third kappa shape index (κ3) is 15.8. The Morgan fingerprint density at radius 3 is 2.12 bits per heavy atom. The van der Waals surface area contributed by atoms with Gasteiger partial charge in [0.15, 0.2) is 0 Å². The van der Waals surface area contributed by atoms with Crippen molar-refractivity contribution >= 4 is 5.97 Å². The fourth-order valence-electron chi connectivity index (χ4n) is 0.756. The molecule has 0 fully saturated rings. The minimum Gasteiger partial charge on any atom is -0.548 e. The Balaban J connectivity index is 0. The molecule has 1 atom stereocenters. The molecule has 0 unspecified atom stereocenters. The van der Waals surface area contributed by atoms with Crippen LogP contribution in [-0.2, 0) is 4.79 Å². The van der Waals surface area contributed by atoms with Crippen molar-refractivity contribution in [3.05, 3.63) is 0 Å². The molecule has 0 aromatic carbocycles. The molecular weight excluding hydrogens is 210 g/mol. The summed E-state index contributed by atoms with van der Waals surface area (Å²) in [6.07, 6.45) is 1.04. The number of likely N-dealkylation sites (N-methyl/N-ethyl adjacent to an activating group) is 1. The maximum Gasteiger partial charge on any atom is 0.101 e. The number of carbonyl (C=O) groups excluding carboxylic acids is 1. The molecule has 0 aliphatic heterocycles. The maximum absolute atomic E-state index is 9.93. The average Bonchev–Trinajstić information content (AvgIpc) is 2.13. The summed E-state index contributed by atoms with van der Waals surface area (Å²) in [5.74, 6) is -1.21. The van der Waals surface area contributed by atoms with Crippen LogP contribution in [0.15, 0.2) is 0 Å². The van der Waals surface area contributed by atoms with E-state index in [9.17, 15) is 9.90 Å². The lowest BCUT2D eigenvalue weighted by molar-refractivity contribution is -0.870. The minimum atomic E-state index is -1.21. The highest BCUT2D eigenvalue weighted by atomic mass is 16.4. The van der Waals surface area contributed by atoms with Crippen molar-refractivity contribution < 1.29 is 19.5 Å². The molecule has 0 aliphatic carbocycles. The van der Waals surface area contributed by atoms with Gasteiger partial charge in [-0.2, -0.15) is 0 Å². The molecule has 0 radical (unpaired) electrons. The smallest absolute Gasteiger partial charge is 0.101 e. The highest BCUT2D eigenvalue weighted by Gasteiger charge is 2.02. The molecule has 0 aromatic heterocycles. The predicted molar refractivity (Wildman–Crippen MR) is 61.3 cm³/mol. The van der Waals surface area contributed by atoms with Crippen molar-refractivity contribution in [1.82, 2.24) is 0 Å². The molecular formula is C10H25N3O3. The number of nitrogens with zero attached hydrogens (tertiary/aromatic N) is 1. The molecule has 16 heavy (non-hydrogen) atoms. The molecule has 0 saturated carbocycles. The second kappa shape index (κ2) is 9.53. The Morgan fingerprint density at radius 2 is 1.94 bits per heavy atom. The average molecular weight is 235 g/mol. The Morgan fingerprint density at radius 1 is 1.44 bits per heavy atom. The van der Waals surface area contributed by atoms with Crippen LogP contribution in [0.25, 0.3) is 0 Å². The summed E-state index contributed by atoms with van der Waals surface area (Å²) in [6, 6.07) is -0.853. The largest absolute Gasteiger partial charge is 0.548 e. The van der Waals surface area contributed by atoms with Gasteiger partial charge in [-0.3, -0.25) is 0 Å². The van der Waals surface area contributed by atoms with Gasteiger partial charge in [0, 0.05) is 6.04 Å². The standard InChI is InChI=1S/C5H12N2O2.C5H14NO/c6-3-1-2-4(7)5(8)9;1-6(2,3)4-5-7/h4H,1-3,6-7H2,(H,8,9);7H,4-5H2,1-3H3/q;+1/p-1/t4-;/m0./s1. The summed E-state index contributed by atoms with van der Waals surface area (Å²) in [5.41, 5.74) is 10.2. The number of quaternary nitrogens is 1. The number of carboxylic acids is 1. The van der Waals surface area contributed by atoms with Crippen LogP contribution in [-0.4, -0.2) is 62.4 Å². The second-order valence-electron chi connectivity index (χ2n) is 4.59. The number of rotatable bonds is 6. The topological polar surface area (TPSA) is 112 Å². The van der Waals surface area contributed by atoms with Crippen LogP contribution in [0.2, 0.25) is 0 Å². The third-order valence-electron chi connectivity index (χ3n) is 1.79. The van der Waals surface area contributed by atoms with Crippen LogP contribution in [0.4, 0.5) is 0 Å². The molecule has 98 valence electrons. The van der Waals surface area contributed by atoms with Crippen LogP contribution in [0, 0.1) is 0 Å². The molecule has 6 nitrogen and oxygen atoms in total. The van der Waals surface area contributed by atoms with Gasteiger partial charge < -0.3 is 31.0 Å². The molecule has 0 bridgehead atoms. The minimum absolute atomic E-state index is 0.281. The molecule has 0 amide bonds. The lowest BCUT2D eigenvalue weighted by atomic mass is 10.2. The predicted octanol–water partition coefficient (Wildman–Crippen LogP) is -2.51. The number of aliphatic hydroxyl groups is 1. The molecule has 5 N–H and O–H groups in total. The van der Waals surface area contributed by atoms with E-state index in [1.54, 1.807) is 0 Å².